The van der Waals surface area contributed by atoms with E-state index >= 15 is 0 Å². The van der Waals surface area contributed by atoms with Crippen molar-refractivity contribution < 1.29 is 4.42 Å². The number of nitrogens with zero attached hydrogens (tertiary/aromatic N) is 8. The van der Waals surface area contributed by atoms with Crippen LogP contribution >= 0.6 is 11.3 Å². The van der Waals surface area contributed by atoms with Crippen molar-refractivity contribution in [2.24, 2.45) is 0 Å². The van der Waals surface area contributed by atoms with Crippen LogP contribution in [0.3, 0.4) is 0 Å². The third-order valence-corrected chi connectivity index (χ3v) is 22.6. The molecule has 0 saturated heterocycles. The van der Waals surface area contributed by atoms with Crippen molar-refractivity contribution in [1.29, 1.82) is 0 Å². The van der Waals surface area contributed by atoms with Crippen molar-refractivity contribution in [1.82, 2.24) is 37.9 Å². The van der Waals surface area contributed by atoms with Crippen LogP contribution in [-0.4, -0.2) is 37.9 Å². The fraction of sp³-hybridized carbons (Fsp3) is 0. The van der Waals surface area contributed by atoms with Crippen LogP contribution in [0.1, 0.15) is 0 Å². The summed E-state index contributed by atoms with van der Waals surface area (Å²) in [5.41, 5.74) is 20.3. The minimum atomic E-state index is 0.578. The van der Waals surface area contributed by atoms with E-state index in [1.165, 1.54) is 108 Å². The molecule has 9 nitrogen and oxygen atoms in total. The zero-order valence-corrected chi connectivity index (χ0v) is 52.8. The largest absolute Gasteiger partial charge is 0.452 e. The first-order chi connectivity index (χ1) is 48.6. The summed E-state index contributed by atoms with van der Waals surface area (Å²) >= 11 is 1.76. The van der Waals surface area contributed by atoms with E-state index in [2.05, 4.69) is 285 Å². The normalized spacial score (nSPS) is 12.7. The summed E-state index contributed by atoms with van der Waals surface area (Å²) in [6.07, 6.45) is 0. The molecule has 0 N–H and O–H groups in total. The van der Waals surface area contributed by atoms with Crippen LogP contribution in [0.4, 0.5) is 0 Å². The smallest absolute Gasteiger partial charge is 0.236 e. The number of fused-ring (bicyclic) bond motifs is 30. The van der Waals surface area contributed by atoms with Gasteiger partial charge in [0.05, 0.1) is 71.1 Å². The first-order valence-electron chi connectivity index (χ1n) is 33.3. The molecule has 450 valence electrons. The molecule has 0 bridgehead atoms. The Balaban J connectivity index is 0.725. The minimum absolute atomic E-state index is 0.578. The Morgan fingerprint density at radius 2 is 0.776 bits per heavy atom. The third kappa shape index (κ3) is 6.50. The predicted octanol–water partition coefficient (Wildman–Crippen LogP) is 23.3. The van der Waals surface area contributed by atoms with Crippen LogP contribution in [0.25, 0.3) is 229 Å². The Labute approximate surface area is 558 Å². The van der Waals surface area contributed by atoms with Crippen molar-refractivity contribution in [2.45, 2.75) is 0 Å². The Hall–Kier alpha value is -13.0. The number of hydrogen-bond donors (Lipinski definition) is 0. The lowest BCUT2D eigenvalue weighted by atomic mass is 9.95. The molecule has 0 aliphatic carbocycles. The summed E-state index contributed by atoms with van der Waals surface area (Å²) in [5, 5.41) is 21.2. The summed E-state index contributed by atoms with van der Waals surface area (Å²) in [5.74, 6) is 1.23. The number of thiophene rings is 1. The van der Waals surface area contributed by atoms with Gasteiger partial charge >= 0.3 is 0 Å². The van der Waals surface area contributed by atoms with Crippen LogP contribution < -0.4 is 0 Å². The average molecular weight is 1260 g/mol. The van der Waals surface area contributed by atoms with Crippen LogP contribution in [0.15, 0.2) is 283 Å². The highest BCUT2D eigenvalue weighted by atomic mass is 32.1. The molecule has 10 aromatic heterocycles. The van der Waals surface area contributed by atoms with Gasteiger partial charge in [-0.25, -0.2) is 19.9 Å². The van der Waals surface area contributed by atoms with Gasteiger partial charge in [0.2, 0.25) is 11.9 Å². The molecule has 14 aromatic carbocycles. The van der Waals surface area contributed by atoms with Crippen LogP contribution in [-0.2, 0) is 0 Å². The van der Waals surface area contributed by atoms with Gasteiger partial charge in [-0.3, -0.25) is 9.13 Å². The quantitative estimate of drug-likeness (QED) is 0.171. The second-order valence-corrected chi connectivity index (χ2v) is 27.4. The predicted molar refractivity (Wildman–Crippen MR) is 407 cm³/mol. The molecular weight excluding hydrogens is 1220 g/mol. The van der Waals surface area contributed by atoms with Gasteiger partial charge in [-0.2, -0.15) is 0 Å². The Morgan fingerprint density at radius 3 is 1.46 bits per heavy atom. The van der Waals surface area contributed by atoms with E-state index in [1.54, 1.807) is 11.3 Å². The fourth-order valence-corrected chi connectivity index (χ4v) is 18.6. The van der Waals surface area contributed by atoms with Gasteiger partial charge in [-0.05, 0) is 112 Å². The molecule has 0 amide bonds. The highest BCUT2D eigenvalue weighted by Gasteiger charge is 2.30. The van der Waals surface area contributed by atoms with E-state index in [-0.39, 0.29) is 0 Å². The van der Waals surface area contributed by atoms with Crippen LogP contribution in [0.2, 0.25) is 0 Å². The second-order valence-electron chi connectivity index (χ2n) is 26.3. The van der Waals surface area contributed by atoms with Gasteiger partial charge in [0.25, 0.3) is 0 Å². The maximum atomic E-state index is 6.91. The number of hydrogen-bond acceptors (Lipinski definition) is 6. The number of para-hydroxylation sites is 5. The van der Waals surface area contributed by atoms with Crippen molar-refractivity contribution in [3.8, 4) is 45.5 Å². The summed E-state index contributed by atoms with van der Waals surface area (Å²) in [4.78, 5) is 22.5. The van der Waals surface area contributed by atoms with E-state index in [0.717, 1.165) is 104 Å². The van der Waals surface area contributed by atoms with Crippen LogP contribution in [0.5, 0.6) is 0 Å². The molecule has 0 fully saturated rings. The Kier molecular flexibility index (Phi) is 9.68. The third-order valence-electron chi connectivity index (χ3n) is 21.4. The van der Waals surface area contributed by atoms with Gasteiger partial charge in [0.1, 0.15) is 16.8 Å². The van der Waals surface area contributed by atoms with E-state index < -0.39 is 0 Å². The van der Waals surface area contributed by atoms with Crippen LogP contribution in [0, 0.1) is 0 Å². The van der Waals surface area contributed by atoms with E-state index in [0.29, 0.717) is 17.5 Å². The van der Waals surface area contributed by atoms with Crippen molar-refractivity contribution in [3.63, 3.8) is 0 Å². The maximum absolute atomic E-state index is 6.91. The molecule has 24 rings (SSSR count). The van der Waals surface area contributed by atoms with E-state index in [1.807, 2.05) is 12.1 Å². The number of benzene rings is 14. The van der Waals surface area contributed by atoms with E-state index in [4.69, 9.17) is 24.4 Å². The molecule has 0 saturated carbocycles. The van der Waals surface area contributed by atoms with Crippen molar-refractivity contribution in [3.05, 3.63) is 279 Å². The minimum Gasteiger partial charge on any atom is -0.452 e. The first-order valence-corrected chi connectivity index (χ1v) is 34.1. The van der Waals surface area contributed by atoms with Gasteiger partial charge in [0, 0.05) is 91.2 Å². The van der Waals surface area contributed by atoms with Crippen molar-refractivity contribution >= 4 is 195 Å². The van der Waals surface area contributed by atoms with Gasteiger partial charge in [-0.1, -0.05) is 200 Å². The highest BCUT2D eigenvalue weighted by Crippen LogP contribution is 2.52. The highest BCUT2D eigenvalue weighted by molar-refractivity contribution is 7.26. The maximum Gasteiger partial charge on any atom is 0.236 e. The van der Waals surface area contributed by atoms with Crippen molar-refractivity contribution in [2.75, 3.05) is 0 Å². The van der Waals surface area contributed by atoms with E-state index in [9.17, 15) is 0 Å². The summed E-state index contributed by atoms with van der Waals surface area (Å²) in [6, 6.07) is 101. The monoisotopic (exact) mass is 1260 g/mol. The molecular formula is C88H46N8OS. The summed E-state index contributed by atoms with van der Waals surface area (Å²) in [6.45, 7) is 0. The van der Waals surface area contributed by atoms with Gasteiger partial charge < -0.3 is 13.2 Å². The lowest BCUT2D eigenvalue weighted by molar-refractivity contribution is 0.666. The summed E-state index contributed by atoms with van der Waals surface area (Å²) < 4.78 is 18.8. The molecule has 24 aromatic rings. The number of rotatable bonds is 5. The SMILES string of the molecule is c1ccc(-c2nc(-n3c4ccccc4c4c5c6c7ccc(-c8cccc(-c9nc(-n%10c%11ccccc%11c%11c%12c%13c%14ccccc%14ccc%13n%13c%14ccccc%14c(cc%11%10)c%12%13)nc%10c9oc9ccccc9%10)c8)cc7ccc6n6c7ccccc7c(cc43)c56)nc3c2sc2ccccc23)cc1. The molecule has 0 spiro atoms. The van der Waals surface area contributed by atoms with Gasteiger partial charge in [-0.15, -0.1) is 11.3 Å². The first kappa shape index (κ1) is 51.4. The lowest BCUT2D eigenvalue weighted by Crippen LogP contribution is -2.03. The Morgan fingerprint density at radius 1 is 0.276 bits per heavy atom. The molecule has 98 heavy (non-hydrogen) atoms. The standard InChI is InChI=1S/C88H46N8OS/c1-2-20-48(21-3-1)80-86-82(60-30-11-17-36-72(60)98-86)92-88(90-80)96-66-34-15-9-28-58(66)76-70(96)46-62-56-26-7-13-32-64(56)94-68-42-39-51-43-50(37-40-54(51)74(68)78(76)84(62)94)49-22-18-23-52(44-49)79-85-81(59-29-10-16-35-71(59)97-85)91-87(89-79)95-65-33-14-8-27-57(65)75-69(95)45-61-55-25-6-12-31-63(55)93-67-41-38-47-19-4-5-24-53(47)73(67)77(75)83(61)93/h1-46H. The molecule has 0 unspecified atom stereocenters. The molecule has 0 aliphatic heterocycles. The molecule has 10 heterocycles. The number of aromatic nitrogens is 8. The second kappa shape index (κ2) is 18.5. The topological polar surface area (TPSA) is 83.4 Å². The van der Waals surface area contributed by atoms with Gasteiger partial charge in [0.15, 0.2) is 5.58 Å². The molecule has 10 heteroatoms. The zero-order chi connectivity index (χ0) is 63.3. The molecule has 0 radical (unpaired) electrons. The molecule has 0 atom stereocenters. The fourth-order valence-electron chi connectivity index (χ4n) is 17.4. The zero-order valence-electron chi connectivity index (χ0n) is 52.0. The number of furan rings is 1. The summed E-state index contributed by atoms with van der Waals surface area (Å²) in [7, 11) is 0. The molecule has 0 aliphatic rings. The lowest BCUT2D eigenvalue weighted by Gasteiger charge is -2.11. The Bertz CT molecular complexity index is 7690. The average Bonchev–Trinajstić information content (AvgIpc) is 1.52.